The molecule has 11 heteroatoms. The maximum atomic E-state index is 14.3. The van der Waals surface area contributed by atoms with Gasteiger partial charge < -0.3 is 29.2 Å². The molecule has 0 saturated carbocycles. The second kappa shape index (κ2) is 11.5. The van der Waals surface area contributed by atoms with E-state index in [1.54, 1.807) is 18.2 Å². The lowest BCUT2D eigenvalue weighted by Gasteiger charge is -2.41. The molecule has 1 aromatic heterocycles. The van der Waals surface area contributed by atoms with E-state index in [9.17, 15) is 18.0 Å². The maximum Gasteiger partial charge on any atom is 0.418 e. The summed E-state index contributed by atoms with van der Waals surface area (Å²) >= 11 is 0. The molecular formula is C31H34F3N3O5. The third-order valence-electron chi connectivity index (χ3n) is 8.18. The van der Waals surface area contributed by atoms with Crippen molar-refractivity contribution >= 4 is 11.4 Å². The number of rotatable bonds is 8. The quantitative estimate of drug-likeness (QED) is 0.375. The van der Waals surface area contributed by atoms with Crippen LogP contribution < -0.4 is 25.2 Å². The highest BCUT2D eigenvalue weighted by molar-refractivity contribution is 5.77. The van der Waals surface area contributed by atoms with Crippen LogP contribution in [0.5, 0.6) is 11.5 Å². The molecule has 224 valence electrons. The third kappa shape index (κ3) is 5.55. The first-order valence-corrected chi connectivity index (χ1v) is 14.2. The monoisotopic (exact) mass is 585 g/mol. The zero-order valence-corrected chi connectivity index (χ0v) is 23.6. The molecule has 3 aliphatic rings. The van der Waals surface area contributed by atoms with Crippen LogP contribution in [-0.4, -0.2) is 57.9 Å². The molecule has 0 aliphatic carbocycles. The summed E-state index contributed by atoms with van der Waals surface area (Å²) in [5.74, 6) is 1.32. The fraction of sp³-hybridized carbons (Fsp3) is 0.452. The summed E-state index contributed by atoms with van der Waals surface area (Å²) < 4.78 is 66.5. The Labute approximate surface area is 241 Å². The number of benzene rings is 2. The number of pyridine rings is 1. The van der Waals surface area contributed by atoms with Crippen LogP contribution in [0, 0.1) is 5.92 Å². The number of methoxy groups -OCH3 is 2. The van der Waals surface area contributed by atoms with Gasteiger partial charge in [0.1, 0.15) is 17.2 Å². The Morgan fingerprint density at radius 1 is 1.05 bits per heavy atom. The van der Waals surface area contributed by atoms with Gasteiger partial charge in [-0.2, -0.15) is 13.2 Å². The standard InChI is InChI=1S/C31H34F3N3O5/c1-39-22-11-20(12-23(14-22)40-2)25-17-37(30(38)29-24(25)8-9-35-29)27-13-21(6-7-26(27)31(32,33)34)36-15-19(16-36)18-42-28-5-3-4-10-41-28/h6-7,11-14,17,19,28,35H,3-5,8-10,15-16,18H2,1-2H3. The summed E-state index contributed by atoms with van der Waals surface area (Å²) in [6, 6.07) is 9.28. The Balaban J connectivity index is 1.36. The van der Waals surface area contributed by atoms with Crippen molar-refractivity contribution in [1.29, 1.82) is 0 Å². The fourth-order valence-electron chi connectivity index (χ4n) is 5.92. The van der Waals surface area contributed by atoms with Crippen molar-refractivity contribution in [2.24, 2.45) is 5.92 Å². The first-order chi connectivity index (χ1) is 20.2. The largest absolute Gasteiger partial charge is 0.497 e. The van der Waals surface area contributed by atoms with Crippen LogP contribution in [0.25, 0.3) is 16.8 Å². The van der Waals surface area contributed by atoms with Crippen molar-refractivity contribution in [1.82, 2.24) is 4.57 Å². The van der Waals surface area contributed by atoms with E-state index in [1.807, 2.05) is 4.90 Å². The summed E-state index contributed by atoms with van der Waals surface area (Å²) in [6.45, 7) is 3.05. The first-order valence-electron chi connectivity index (χ1n) is 14.2. The van der Waals surface area contributed by atoms with Crippen LogP contribution in [0.2, 0.25) is 0 Å². The normalized spacial score (nSPS) is 18.8. The van der Waals surface area contributed by atoms with Gasteiger partial charge >= 0.3 is 6.18 Å². The zero-order chi connectivity index (χ0) is 29.4. The summed E-state index contributed by atoms with van der Waals surface area (Å²) in [4.78, 5) is 15.7. The van der Waals surface area contributed by atoms with E-state index in [-0.39, 0.29) is 17.9 Å². The van der Waals surface area contributed by atoms with Gasteiger partial charge in [0, 0.05) is 55.7 Å². The Bertz CT molecular complexity index is 1490. The molecule has 0 radical (unpaired) electrons. The number of aromatic nitrogens is 1. The van der Waals surface area contributed by atoms with E-state index >= 15 is 0 Å². The summed E-state index contributed by atoms with van der Waals surface area (Å²) in [5, 5.41) is 3.10. The van der Waals surface area contributed by atoms with E-state index < -0.39 is 17.3 Å². The van der Waals surface area contributed by atoms with Crippen molar-refractivity contribution in [3.8, 4) is 28.3 Å². The highest BCUT2D eigenvalue weighted by Gasteiger charge is 2.36. The molecule has 1 unspecified atom stereocenters. The van der Waals surface area contributed by atoms with Gasteiger partial charge in [-0.25, -0.2) is 0 Å². The van der Waals surface area contributed by atoms with Crippen molar-refractivity contribution in [2.75, 3.05) is 57.3 Å². The molecule has 4 heterocycles. The van der Waals surface area contributed by atoms with Crippen molar-refractivity contribution in [3.05, 3.63) is 64.1 Å². The molecule has 0 spiro atoms. The number of alkyl halides is 3. The van der Waals surface area contributed by atoms with Gasteiger partial charge in [0.2, 0.25) is 0 Å². The van der Waals surface area contributed by atoms with Gasteiger partial charge in [0.15, 0.2) is 6.29 Å². The molecule has 1 N–H and O–H groups in total. The predicted octanol–water partition coefficient (Wildman–Crippen LogP) is 5.49. The average molecular weight is 586 g/mol. The highest BCUT2D eigenvalue weighted by Crippen LogP contribution is 2.40. The van der Waals surface area contributed by atoms with Crippen LogP contribution in [0.15, 0.2) is 47.4 Å². The summed E-state index contributed by atoms with van der Waals surface area (Å²) in [6.07, 6.45) is 0.248. The highest BCUT2D eigenvalue weighted by atomic mass is 19.4. The SMILES string of the molecule is COc1cc(OC)cc(-c2cn(-c3cc(N4CC(COC5CCCCO5)C4)ccc3C(F)(F)F)c(=O)c3c2CCN3)c1. The molecule has 8 nitrogen and oxygen atoms in total. The number of hydrogen-bond acceptors (Lipinski definition) is 7. The summed E-state index contributed by atoms with van der Waals surface area (Å²) in [5.41, 5.74) is 1.37. The minimum Gasteiger partial charge on any atom is -0.497 e. The van der Waals surface area contributed by atoms with Crippen LogP contribution in [0.3, 0.4) is 0 Å². The van der Waals surface area contributed by atoms with E-state index in [1.165, 1.54) is 32.5 Å². The van der Waals surface area contributed by atoms with E-state index in [2.05, 4.69) is 5.32 Å². The van der Waals surface area contributed by atoms with Gasteiger partial charge in [-0.15, -0.1) is 0 Å². The van der Waals surface area contributed by atoms with Gasteiger partial charge in [0.05, 0.1) is 32.1 Å². The van der Waals surface area contributed by atoms with Crippen LogP contribution >= 0.6 is 0 Å². The van der Waals surface area contributed by atoms with E-state index in [4.69, 9.17) is 18.9 Å². The molecule has 0 amide bonds. The number of anilines is 2. The summed E-state index contributed by atoms with van der Waals surface area (Å²) in [7, 11) is 3.06. The molecule has 3 aliphatic heterocycles. The van der Waals surface area contributed by atoms with Crippen LogP contribution in [0.1, 0.15) is 30.4 Å². The Hall–Kier alpha value is -3.70. The average Bonchev–Trinajstić information content (AvgIpc) is 3.47. The molecule has 2 aromatic carbocycles. The fourth-order valence-corrected chi connectivity index (χ4v) is 5.92. The topological polar surface area (TPSA) is 74.2 Å². The zero-order valence-electron chi connectivity index (χ0n) is 23.6. The van der Waals surface area contributed by atoms with Crippen LogP contribution in [0.4, 0.5) is 24.5 Å². The van der Waals surface area contributed by atoms with Gasteiger partial charge in [0.25, 0.3) is 5.56 Å². The first kappa shape index (κ1) is 28.4. The number of halogens is 3. The number of nitrogens with one attached hydrogen (secondary N) is 1. The Morgan fingerprint density at radius 3 is 2.48 bits per heavy atom. The third-order valence-corrected chi connectivity index (χ3v) is 8.18. The molecule has 2 saturated heterocycles. The second-order valence-corrected chi connectivity index (χ2v) is 10.9. The van der Waals surface area contributed by atoms with E-state index in [0.717, 1.165) is 35.5 Å². The van der Waals surface area contributed by atoms with Crippen molar-refractivity contribution in [3.63, 3.8) is 0 Å². The Kier molecular flexibility index (Phi) is 7.80. The minimum absolute atomic E-state index is 0.176. The number of hydrogen-bond donors (Lipinski definition) is 1. The Morgan fingerprint density at radius 2 is 1.81 bits per heavy atom. The smallest absolute Gasteiger partial charge is 0.418 e. The predicted molar refractivity (Wildman–Crippen MR) is 153 cm³/mol. The van der Waals surface area contributed by atoms with Crippen molar-refractivity contribution < 1.29 is 32.1 Å². The number of fused-ring (bicyclic) bond motifs is 1. The van der Waals surface area contributed by atoms with Gasteiger partial charge in [-0.3, -0.25) is 9.36 Å². The number of ether oxygens (including phenoxy) is 4. The van der Waals surface area contributed by atoms with Crippen molar-refractivity contribution in [2.45, 2.75) is 38.1 Å². The van der Waals surface area contributed by atoms with Crippen LogP contribution in [-0.2, 0) is 22.1 Å². The maximum absolute atomic E-state index is 14.3. The van der Waals surface area contributed by atoms with E-state index in [0.29, 0.717) is 73.3 Å². The lowest BCUT2D eigenvalue weighted by Crippen LogP contribution is -2.49. The second-order valence-electron chi connectivity index (χ2n) is 10.9. The lowest BCUT2D eigenvalue weighted by molar-refractivity contribution is -0.170. The number of nitrogens with zero attached hydrogens (tertiary/aromatic N) is 2. The lowest BCUT2D eigenvalue weighted by atomic mass is 9.98. The van der Waals surface area contributed by atoms with Gasteiger partial charge in [-0.05, 0) is 67.1 Å². The molecule has 2 fully saturated rings. The molecule has 6 rings (SSSR count). The molecule has 0 bridgehead atoms. The molecule has 1 atom stereocenters. The minimum atomic E-state index is -4.66. The molecule has 3 aromatic rings. The molecule has 42 heavy (non-hydrogen) atoms. The molecular weight excluding hydrogens is 551 g/mol. The van der Waals surface area contributed by atoms with Gasteiger partial charge in [-0.1, -0.05) is 0 Å².